The van der Waals surface area contributed by atoms with Crippen LogP contribution >= 0.6 is 0 Å². The summed E-state index contributed by atoms with van der Waals surface area (Å²) in [6.45, 7) is 9.12. The Bertz CT molecular complexity index is 683. The number of anilines is 1. The van der Waals surface area contributed by atoms with Crippen molar-refractivity contribution in [2.75, 3.05) is 5.32 Å². The Balaban J connectivity index is 1.85. The third kappa shape index (κ3) is 3.73. The minimum Gasteiger partial charge on any atom is -0.381 e. The van der Waals surface area contributed by atoms with Gasteiger partial charge in [0, 0.05) is 11.7 Å². The van der Waals surface area contributed by atoms with Crippen molar-refractivity contribution in [3.05, 3.63) is 41.0 Å². The van der Waals surface area contributed by atoms with E-state index in [9.17, 15) is 13.2 Å². The Morgan fingerprint density at radius 1 is 1.12 bits per heavy atom. The van der Waals surface area contributed by atoms with Crippen LogP contribution in [0.25, 0.3) is 0 Å². The third-order valence-corrected chi connectivity index (χ3v) is 6.08. The highest BCUT2D eigenvalue weighted by Crippen LogP contribution is 2.52. The zero-order valence-corrected chi connectivity index (χ0v) is 15.6. The first-order valence-electron chi connectivity index (χ1n) is 9.14. The van der Waals surface area contributed by atoms with Crippen LogP contribution in [0.3, 0.4) is 0 Å². The number of nitrogens with one attached hydrogen (secondary N) is 1. The topological polar surface area (TPSA) is 12.0 Å². The normalized spacial score (nSPS) is 25.5. The van der Waals surface area contributed by atoms with E-state index in [2.05, 4.69) is 33.0 Å². The second-order valence-corrected chi connectivity index (χ2v) is 8.96. The molecule has 0 fully saturated rings. The molecule has 2 aliphatic carbocycles. The molecule has 1 aromatic rings. The largest absolute Gasteiger partial charge is 0.416 e. The molecule has 2 aliphatic rings. The Morgan fingerprint density at radius 2 is 1.84 bits per heavy atom. The molecule has 3 rings (SSSR count). The highest BCUT2D eigenvalue weighted by atomic mass is 19.4. The molecule has 1 N–H and O–H groups in total. The van der Waals surface area contributed by atoms with Crippen molar-refractivity contribution < 1.29 is 13.2 Å². The Morgan fingerprint density at radius 3 is 2.52 bits per heavy atom. The van der Waals surface area contributed by atoms with E-state index < -0.39 is 11.7 Å². The molecule has 25 heavy (non-hydrogen) atoms. The van der Waals surface area contributed by atoms with Gasteiger partial charge >= 0.3 is 6.18 Å². The smallest absolute Gasteiger partial charge is 0.381 e. The number of hydrogen-bond acceptors (Lipinski definition) is 1. The summed E-state index contributed by atoms with van der Waals surface area (Å²) in [5.74, 6) is 0. The number of rotatable bonds is 2. The van der Waals surface area contributed by atoms with E-state index in [-0.39, 0.29) is 16.9 Å². The summed E-state index contributed by atoms with van der Waals surface area (Å²) in [6, 6.07) is 5.73. The second kappa shape index (κ2) is 6.07. The summed E-state index contributed by atoms with van der Waals surface area (Å²) >= 11 is 0. The fourth-order valence-corrected chi connectivity index (χ4v) is 4.45. The molecule has 0 heterocycles. The van der Waals surface area contributed by atoms with Crippen LogP contribution in [0.1, 0.15) is 65.4 Å². The summed E-state index contributed by atoms with van der Waals surface area (Å²) in [5.41, 5.74) is 3.36. The second-order valence-electron chi connectivity index (χ2n) is 8.96. The number of benzene rings is 1. The zero-order valence-electron chi connectivity index (χ0n) is 15.6. The molecule has 0 aliphatic heterocycles. The molecule has 0 spiro atoms. The van der Waals surface area contributed by atoms with Crippen LogP contribution in [-0.2, 0) is 6.18 Å². The summed E-state index contributed by atoms with van der Waals surface area (Å²) in [5, 5.41) is 3.41. The van der Waals surface area contributed by atoms with E-state index >= 15 is 0 Å². The molecule has 1 unspecified atom stereocenters. The molecule has 0 saturated carbocycles. The van der Waals surface area contributed by atoms with E-state index in [0.717, 1.165) is 25.3 Å². The summed E-state index contributed by atoms with van der Waals surface area (Å²) in [7, 11) is 0. The number of hydrogen-bond donors (Lipinski definition) is 1. The maximum Gasteiger partial charge on any atom is 0.416 e. The van der Waals surface area contributed by atoms with Gasteiger partial charge in [-0.3, -0.25) is 0 Å². The lowest BCUT2D eigenvalue weighted by molar-refractivity contribution is -0.137. The fraction of sp³-hybridized carbons (Fsp3) is 0.619. The minimum atomic E-state index is -4.30. The molecule has 138 valence electrons. The lowest BCUT2D eigenvalue weighted by Crippen LogP contribution is -2.43. The molecule has 0 bridgehead atoms. The van der Waals surface area contributed by atoms with Crippen LogP contribution in [0, 0.1) is 10.8 Å². The average Bonchev–Trinajstić information content (AvgIpc) is 2.48. The first-order chi connectivity index (χ1) is 11.5. The molecule has 1 nitrogen and oxygen atoms in total. The van der Waals surface area contributed by atoms with Gasteiger partial charge in [-0.2, -0.15) is 13.2 Å². The summed E-state index contributed by atoms with van der Waals surface area (Å²) < 4.78 is 38.9. The van der Waals surface area contributed by atoms with Crippen molar-refractivity contribution in [3.8, 4) is 0 Å². The maximum atomic E-state index is 13.0. The fourth-order valence-electron chi connectivity index (χ4n) is 4.45. The molecule has 1 atom stereocenters. The molecule has 0 aromatic heterocycles. The van der Waals surface area contributed by atoms with Crippen LogP contribution in [0.5, 0.6) is 0 Å². The molecule has 0 saturated heterocycles. The van der Waals surface area contributed by atoms with Crippen molar-refractivity contribution in [1.82, 2.24) is 0 Å². The van der Waals surface area contributed by atoms with E-state index in [1.807, 2.05) is 0 Å². The van der Waals surface area contributed by atoms with Crippen LogP contribution in [-0.4, -0.2) is 6.04 Å². The Kier molecular flexibility index (Phi) is 4.45. The number of allylic oxidation sites excluding steroid dienone is 1. The average molecular weight is 351 g/mol. The van der Waals surface area contributed by atoms with E-state index in [4.69, 9.17) is 0 Å². The van der Waals surface area contributed by atoms with Gasteiger partial charge in [0.15, 0.2) is 0 Å². The van der Waals surface area contributed by atoms with Gasteiger partial charge in [0.2, 0.25) is 0 Å². The standard InChI is InChI=1S/C21H28F3N/c1-19(2)10-6-7-14-11-18(20(3,4)13-17(14)19)25-16-9-5-8-15(12-16)21(22,23)24/h5,8-9,12,18,25H,6-7,10-11,13H2,1-4H3. The van der Waals surface area contributed by atoms with Gasteiger partial charge in [0.1, 0.15) is 0 Å². The van der Waals surface area contributed by atoms with Crippen molar-refractivity contribution in [2.45, 2.75) is 72.0 Å². The SMILES string of the molecule is CC1(C)CCCC2=C1CC(C)(C)C(Nc1cccc(C(F)(F)F)c1)C2. The predicted molar refractivity (Wildman–Crippen MR) is 96.5 cm³/mol. The van der Waals surface area contributed by atoms with Gasteiger partial charge < -0.3 is 5.32 Å². The molecular weight excluding hydrogens is 323 g/mol. The monoisotopic (exact) mass is 351 g/mol. The molecule has 0 amide bonds. The highest BCUT2D eigenvalue weighted by Gasteiger charge is 2.42. The Labute approximate surface area is 148 Å². The van der Waals surface area contributed by atoms with Crippen molar-refractivity contribution >= 4 is 5.69 Å². The van der Waals surface area contributed by atoms with Crippen molar-refractivity contribution in [2.24, 2.45) is 10.8 Å². The Hall–Kier alpha value is -1.45. The molecular formula is C21H28F3N. The first-order valence-corrected chi connectivity index (χ1v) is 9.14. The lowest BCUT2D eigenvalue weighted by Gasteiger charge is -2.48. The maximum absolute atomic E-state index is 13.0. The quantitative estimate of drug-likeness (QED) is 0.577. The van der Waals surface area contributed by atoms with E-state index in [1.54, 1.807) is 11.6 Å². The predicted octanol–water partition coefficient (Wildman–Crippen LogP) is 6.81. The van der Waals surface area contributed by atoms with Crippen LogP contribution in [0.4, 0.5) is 18.9 Å². The van der Waals surface area contributed by atoms with Crippen LogP contribution < -0.4 is 5.32 Å². The highest BCUT2D eigenvalue weighted by molar-refractivity contribution is 5.48. The van der Waals surface area contributed by atoms with Gasteiger partial charge in [-0.1, -0.05) is 44.9 Å². The van der Waals surface area contributed by atoms with Gasteiger partial charge in [-0.05, 0) is 61.1 Å². The van der Waals surface area contributed by atoms with Crippen LogP contribution in [0.15, 0.2) is 35.4 Å². The number of alkyl halides is 3. The number of halogens is 3. The van der Waals surface area contributed by atoms with Crippen molar-refractivity contribution in [1.29, 1.82) is 0 Å². The van der Waals surface area contributed by atoms with Gasteiger partial charge in [0.25, 0.3) is 0 Å². The molecule has 0 radical (unpaired) electrons. The molecule has 1 aromatic carbocycles. The zero-order chi connectivity index (χ0) is 18.5. The first kappa shape index (κ1) is 18.3. The van der Waals surface area contributed by atoms with Crippen LogP contribution in [0.2, 0.25) is 0 Å². The third-order valence-electron chi connectivity index (χ3n) is 6.08. The van der Waals surface area contributed by atoms with E-state index in [0.29, 0.717) is 5.69 Å². The summed E-state index contributed by atoms with van der Waals surface area (Å²) in [4.78, 5) is 0. The van der Waals surface area contributed by atoms with E-state index in [1.165, 1.54) is 30.5 Å². The van der Waals surface area contributed by atoms with Crippen molar-refractivity contribution in [3.63, 3.8) is 0 Å². The minimum absolute atomic E-state index is 0.0156. The molecule has 4 heteroatoms. The van der Waals surface area contributed by atoms with Gasteiger partial charge in [-0.25, -0.2) is 0 Å². The van der Waals surface area contributed by atoms with Gasteiger partial charge in [-0.15, -0.1) is 0 Å². The lowest BCUT2D eigenvalue weighted by atomic mass is 9.60. The van der Waals surface area contributed by atoms with Gasteiger partial charge in [0.05, 0.1) is 5.56 Å². The summed E-state index contributed by atoms with van der Waals surface area (Å²) in [6.07, 6.45) is 1.22.